The van der Waals surface area contributed by atoms with Gasteiger partial charge in [0.2, 0.25) is 0 Å². The van der Waals surface area contributed by atoms with Gasteiger partial charge in [-0.2, -0.15) is 0 Å². The van der Waals surface area contributed by atoms with Crippen molar-refractivity contribution >= 4 is 0 Å². The molecule has 17 heavy (non-hydrogen) atoms. The van der Waals surface area contributed by atoms with Crippen LogP contribution in [0.15, 0.2) is 0 Å². The minimum atomic E-state index is -1.40. The normalized spacial score (nSPS) is 23.6. The third-order valence-corrected chi connectivity index (χ3v) is 3.98. The van der Waals surface area contributed by atoms with Crippen molar-refractivity contribution in [2.45, 2.75) is 77.0 Å². The van der Waals surface area contributed by atoms with E-state index in [2.05, 4.69) is 13.8 Å². The van der Waals surface area contributed by atoms with Gasteiger partial charge in [-0.25, -0.2) is 0 Å². The Labute approximate surface area is 105 Å². The molecule has 0 aliphatic heterocycles. The van der Waals surface area contributed by atoms with Crippen LogP contribution < -0.4 is 5.73 Å². The van der Waals surface area contributed by atoms with E-state index >= 15 is 0 Å². The first-order valence-corrected chi connectivity index (χ1v) is 7.11. The predicted molar refractivity (Wildman–Crippen MR) is 70.4 cm³/mol. The van der Waals surface area contributed by atoms with Gasteiger partial charge in [0.05, 0.1) is 6.10 Å². The van der Waals surface area contributed by atoms with E-state index in [4.69, 9.17) is 5.73 Å². The maximum Gasteiger partial charge on any atom is 0.139 e. The summed E-state index contributed by atoms with van der Waals surface area (Å²) in [5, 5.41) is 20.2. The summed E-state index contributed by atoms with van der Waals surface area (Å²) >= 11 is 0. The fourth-order valence-corrected chi connectivity index (χ4v) is 2.63. The molecule has 0 amide bonds. The van der Waals surface area contributed by atoms with E-state index in [9.17, 15) is 10.2 Å². The van der Waals surface area contributed by atoms with Crippen molar-refractivity contribution < 1.29 is 10.2 Å². The van der Waals surface area contributed by atoms with Crippen molar-refractivity contribution in [1.29, 1.82) is 0 Å². The van der Waals surface area contributed by atoms with E-state index in [1.165, 1.54) is 32.1 Å². The summed E-state index contributed by atoms with van der Waals surface area (Å²) in [5.41, 5.74) is 4.43. The van der Waals surface area contributed by atoms with Crippen molar-refractivity contribution in [3.8, 4) is 0 Å². The highest BCUT2D eigenvalue weighted by Crippen LogP contribution is 2.30. The minimum absolute atomic E-state index is 0.485. The van der Waals surface area contributed by atoms with Gasteiger partial charge in [-0.05, 0) is 31.1 Å². The first-order chi connectivity index (χ1) is 7.92. The Morgan fingerprint density at radius 1 is 1.24 bits per heavy atom. The van der Waals surface area contributed by atoms with Crippen LogP contribution in [-0.2, 0) is 0 Å². The zero-order valence-corrected chi connectivity index (χ0v) is 11.4. The summed E-state index contributed by atoms with van der Waals surface area (Å²) in [4.78, 5) is 0. The predicted octanol–water partition coefficient (Wildman–Crippen LogP) is 2.40. The molecule has 2 atom stereocenters. The van der Waals surface area contributed by atoms with Crippen molar-refractivity contribution in [1.82, 2.24) is 0 Å². The smallest absolute Gasteiger partial charge is 0.139 e. The lowest BCUT2D eigenvalue weighted by Gasteiger charge is -2.33. The van der Waals surface area contributed by atoms with E-state index in [1.807, 2.05) is 0 Å². The Bertz CT molecular complexity index is 210. The molecule has 0 aromatic rings. The highest BCUT2D eigenvalue weighted by Gasteiger charge is 2.32. The van der Waals surface area contributed by atoms with Crippen LogP contribution in [-0.4, -0.2) is 22.0 Å². The second-order valence-electron chi connectivity index (χ2n) is 6.18. The van der Waals surface area contributed by atoms with E-state index in [0.717, 1.165) is 6.42 Å². The lowest BCUT2D eigenvalue weighted by atomic mass is 9.82. The number of aliphatic hydroxyl groups is 2. The molecule has 0 saturated heterocycles. The van der Waals surface area contributed by atoms with Gasteiger partial charge in [-0.15, -0.1) is 0 Å². The minimum Gasteiger partial charge on any atom is -0.389 e. The maximum absolute atomic E-state index is 10.1. The number of hydrogen-bond acceptors (Lipinski definition) is 3. The number of rotatable bonds is 6. The molecule has 1 rings (SSSR count). The highest BCUT2D eigenvalue weighted by atomic mass is 16.4. The molecule has 0 spiro atoms. The number of hydrogen-bond donors (Lipinski definition) is 3. The van der Waals surface area contributed by atoms with Gasteiger partial charge in [0.15, 0.2) is 0 Å². The molecule has 1 saturated carbocycles. The van der Waals surface area contributed by atoms with Gasteiger partial charge in [0.25, 0.3) is 0 Å². The lowest BCUT2D eigenvalue weighted by molar-refractivity contribution is -0.0890. The molecule has 4 N–H and O–H groups in total. The van der Waals surface area contributed by atoms with Crippen LogP contribution in [0.25, 0.3) is 0 Å². The van der Waals surface area contributed by atoms with Gasteiger partial charge in [0.1, 0.15) is 5.72 Å². The summed E-state index contributed by atoms with van der Waals surface area (Å²) in [6, 6.07) is 0. The van der Waals surface area contributed by atoms with Crippen LogP contribution >= 0.6 is 0 Å². The summed E-state index contributed by atoms with van der Waals surface area (Å²) < 4.78 is 0. The van der Waals surface area contributed by atoms with Crippen molar-refractivity contribution in [3.05, 3.63) is 0 Å². The fourth-order valence-electron chi connectivity index (χ4n) is 2.63. The van der Waals surface area contributed by atoms with Gasteiger partial charge >= 0.3 is 0 Å². The largest absolute Gasteiger partial charge is 0.389 e. The number of aliphatic hydroxyl groups excluding tert-OH is 1. The maximum atomic E-state index is 10.1. The lowest BCUT2D eigenvalue weighted by Crippen LogP contribution is -2.51. The van der Waals surface area contributed by atoms with Crippen LogP contribution in [0.5, 0.6) is 0 Å². The van der Waals surface area contributed by atoms with E-state index in [1.54, 1.807) is 0 Å². The summed E-state index contributed by atoms with van der Waals surface area (Å²) in [6.45, 7) is 4.20. The molecule has 1 fully saturated rings. The first kappa shape index (κ1) is 14.9. The summed E-state index contributed by atoms with van der Waals surface area (Å²) in [7, 11) is 0. The average Bonchev–Trinajstić information content (AvgIpc) is 2.28. The molecule has 0 radical (unpaired) electrons. The quantitative estimate of drug-likeness (QED) is 0.628. The first-order valence-electron chi connectivity index (χ1n) is 7.11. The van der Waals surface area contributed by atoms with Crippen LogP contribution in [0.2, 0.25) is 0 Å². The zero-order chi connectivity index (χ0) is 12.9. The second kappa shape index (κ2) is 6.72. The van der Waals surface area contributed by atoms with Crippen molar-refractivity contribution in [3.63, 3.8) is 0 Å². The molecule has 102 valence electrons. The summed E-state index contributed by atoms with van der Waals surface area (Å²) in [6.07, 6.45) is 7.41. The SMILES string of the molecule is CC(C)CCC(N)(O)C(O)CC1CCCCC1. The standard InChI is InChI=1S/C14H29NO2/c1-11(2)8-9-14(15,17)13(16)10-12-6-4-3-5-7-12/h11-13,16-17H,3-10,15H2,1-2H3. The molecular formula is C14H29NO2. The molecule has 0 bridgehead atoms. The Morgan fingerprint density at radius 3 is 2.35 bits per heavy atom. The van der Waals surface area contributed by atoms with Gasteiger partial charge < -0.3 is 15.9 Å². The zero-order valence-electron chi connectivity index (χ0n) is 11.4. The Hall–Kier alpha value is -0.120. The third-order valence-electron chi connectivity index (χ3n) is 3.98. The van der Waals surface area contributed by atoms with Gasteiger partial charge in [0, 0.05) is 0 Å². The number of nitrogens with two attached hydrogens (primary N) is 1. The monoisotopic (exact) mass is 243 g/mol. The molecule has 0 aromatic carbocycles. The Morgan fingerprint density at radius 2 is 1.82 bits per heavy atom. The Kier molecular flexibility index (Phi) is 5.90. The highest BCUT2D eigenvalue weighted by molar-refractivity contribution is 4.83. The molecule has 0 aromatic heterocycles. The molecule has 3 heteroatoms. The second-order valence-corrected chi connectivity index (χ2v) is 6.18. The fraction of sp³-hybridized carbons (Fsp3) is 1.00. The topological polar surface area (TPSA) is 66.5 Å². The van der Waals surface area contributed by atoms with Crippen molar-refractivity contribution in [2.75, 3.05) is 0 Å². The molecule has 1 aliphatic carbocycles. The van der Waals surface area contributed by atoms with Crippen LogP contribution in [0.4, 0.5) is 0 Å². The molecule has 0 heterocycles. The molecule has 2 unspecified atom stereocenters. The Balaban J connectivity index is 2.35. The molecule has 3 nitrogen and oxygen atoms in total. The van der Waals surface area contributed by atoms with E-state index < -0.39 is 11.8 Å². The van der Waals surface area contributed by atoms with Crippen molar-refractivity contribution in [2.24, 2.45) is 17.6 Å². The molecule has 1 aliphatic rings. The van der Waals surface area contributed by atoms with Gasteiger partial charge in [-0.3, -0.25) is 0 Å². The average molecular weight is 243 g/mol. The van der Waals surface area contributed by atoms with Gasteiger partial charge in [-0.1, -0.05) is 46.0 Å². The van der Waals surface area contributed by atoms with E-state index in [0.29, 0.717) is 24.7 Å². The van der Waals surface area contributed by atoms with Crippen LogP contribution in [0, 0.1) is 11.8 Å². The van der Waals surface area contributed by atoms with E-state index in [-0.39, 0.29) is 0 Å². The molecular weight excluding hydrogens is 214 g/mol. The third kappa shape index (κ3) is 5.36. The van der Waals surface area contributed by atoms with Crippen LogP contribution in [0.3, 0.4) is 0 Å². The van der Waals surface area contributed by atoms with Crippen LogP contribution in [0.1, 0.15) is 65.2 Å². The summed E-state index contributed by atoms with van der Waals surface area (Å²) in [5.74, 6) is 1.06.